The van der Waals surface area contributed by atoms with Crippen LogP contribution in [0.1, 0.15) is 0 Å². The first-order valence-corrected chi connectivity index (χ1v) is 4.69. The van der Waals surface area contributed by atoms with Gasteiger partial charge in [0, 0.05) is 4.90 Å². The number of carboxylic acids is 1. The SMILES string of the molecule is O=C(O)C(F)(F)S(=O)c1ccccc1. The molecule has 0 radical (unpaired) electrons. The standard InChI is InChI=1S/C8H6F2O3S/c9-8(10,7(11)12)14(13)6-4-2-1-3-5-6/h1-5H,(H,11,12). The smallest absolute Gasteiger partial charge is 0.419 e. The number of carboxylic acid groups (broad SMARTS) is 1. The first-order chi connectivity index (χ1) is 6.46. The molecule has 0 amide bonds. The first-order valence-electron chi connectivity index (χ1n) is 3.54. The molecule has 76 valence electrons. The molecule has 14 heavy (non-hydrogen) atoms. The zero-order valence-electron chi connectivity index (χ0n) is 6.81. The summed E-state index contributed by atoms with van der Waals surface area (Å²) in [5.41, 5.74) is 0. The zero-order valence-corrected chi connectivity index (χ0v) is 7.63. The molecule has 1 rings (SSSR count). The number of benzene rings is 1. The number of alkyl halides is 2. The Morgan fingerprint density at radius 3 is 2.21 bits per heavy atom. The van der Waals surface area contributed by atoms with Crippen LogP contribution in [-0.4, -0.2) is 20.5 Å². The van der Waals surface area contributed by atoms with Gasteiger partial charge in [0.05, 0.1) is 0 Å². The maximum atomic E-state index is 12.7. The van der Waals surface area contributed by atoms with Gasteiger partial charge in [-0.3, -0.25) is 0 Å². The molecule has 3 nitrogen and oxygen atoms in total. The van der Waals surface area contributed by atoms with Crippen LogP contribution >= 0.6 is 0 Å². The Morgan fingerprint density at radius 2 is 1.79 bits per heavy atom. The summed E-state index contributed by atoms with van der Waals surface area (Å²) in [5.74, 6) is -2.39. The van der Waals surface area contributed by atoms with Crippen molar-refractivity contribution in [3.63, 3.8) is 0 Å². The van der Waals surface area contributed by atoms with E-state index < -0.39 is 22.0 Å². The molecule has 0 saturated carbocycles. The van der Waals surface area contributed by atoms with Crippen LogP contribution in [-0.2, 0) is 15.6 Å². The molecule has 1 aromatic carbocycles. The fourth-order valence-corrected chi connectivity index (χ4v) is 1.63. The molecular formula is C8H6F2O3S. The molecule has 0 aliphatic heterocycles. The van der Waals surface area contributed by atoms with Crippen LogP contribution in [0.5, 0.6) is 0 Å². The van der Waals surface area contributed by atoms with Crippen LogP contribution in [0.2, 0.25) is 0 Å². The average molecular weight is 220 g/mol. The molecule has 1 atom stereocenters. The Morgan fingerprint density at radius 1 is 1.29 bits per heavy atom. The van der Waals surface area contributed by atoms with E-state index in [0.29, 0.717) is 0 Å². The fourth-order valence-electron chi connectivity index (χ4n) is 0.771. The Bertz CT molecular complexity index is 364. The minimum Gasteiger partial charge on any atom is -0.476 e. The third-order valence-electron chi connectivity index (χ3n) is 1.44. The molecule has 0 fully saturated rings. The summed E-state index contributed by atoms with van der Waals surface area (Å²) in [7, 11) is -2.86. The lowest BCUT2D eigenvalue weighted by atomic mass is 10.4. The van der Waals surface area contributed by atoms with E-state index in [1.165, 1.54) is 24.3 Å². The van der Waals surface area contributed by atoms with Gasteiger partial charge >= 0.3 is 11.2 Å². The molecular weight excluding hydrogens is 214 g/mol. The predicted molar refractivity (Wildman–Crippen MR) is 45.4 cm³/mol. The summed E-state index contributed by atoms with van der Waals surface area (Å²) in [6, 6.07) is 6.75. The summed E-state index contributed by atoms with van der Waals surface area (Å²) in [5, 5.41) is 3.88. The number of hydrogen-bond acceptors (Lipinski definition) is 2. The highest BCUT2D eigenvalue weighted by Crippen LogP contribution is 2.24. The van der Waals surface area contributed by atoms with E-state index in [9.17, 15) is 17.8 Å². The van der Waals surface area contributed by atoms with Crippen molar-refractivity contribution in [1.82, 2.24) is 0 Å². The number of rotatable bonds is 3. The molecule has 0 aliphatic carbocycles. The quantitative estimate of drug-likeness (QED) is 0.839. The zero-order chi connectivity index (χ0) is 10.8. The summed E-state index contributed by atoms with van der Waals surface area (Å²) in [4.78, 5) is 9.88. The molecule has 0 spiro atoms. The molecule has 0 aliphatic rings. The van der Waals surface area contributed by atoms with Crippen molar-refractivity contribution in [2.45, 2.75) is 10.2 Å². The van der Waals surface area contributed by atoms with Crippen molar-refractivity contribution < 1.29 is 22.9 Å². The minimum absolute atomic E-state index is 0.208. The highest BCUT2D eigenvalue weighted by atomic mass is 32.2. The molecule has 0 bridgehead atoms. The summed E-state index contributed by atoms with van der Waals surface area (Å²) < 4.78 is 36.5. The molecule has 1 unspecified atom stereocenters. The number of hydrogen-bond donors (Lipinski definition) is 1. The number of halogens is 2. The van der Waals surface area contributed by atoms with Crippen LogP contribution in [0.4, 0.5) is 8.78 Å². The van der Waals surface area contributed by atoms with Gasteiger partial charge in [-0.25, -0.2) is 9.00 Å². The summed E-state index contributed by atoms with van der Waals surface area (Å²) in [6.07, 6.45) is 0. The molecule has 0 heterocycles. The van der Waals surface area contributed by atoms with Gasteiger partial charge in [0.1, 0.15) is 10.8 Å². The number of aliphatic carboxylic acids is 1. The lowest BCUT2D eigenvalue weighted by Crippen LogP contribution is -2.33. The second-order valence-corrected chi connectivity index (χ2v) is 3.93. The van der Waals surface area contributed by atoms with Gasteiger partial charge in [0.15, 0.2) is 0 Å². The Balaban J connectivity index is 3.03. The second kappa shape index (κ2) is 3.83. The van der Waals surface area contributed by atoms with Crippen molar-refractivity contribution in [1.29, 1.82) is 0 Å². The average Bonchev–Trinajstić information content (AvgIpc) is 2.17. The summed E-state index contributed by atoms with van der Waals surface area (Å²) >= 11 is 0. The van der Waals surface area contributed by atoms with E-state index in [-0.39, 0.29) is 4.90 Å². The van der Waals surface area contributed by atoms with Crippen LogP contribution in [0, 0.1) is 0 Å². The fraction of sp³-hybridized carbons (Fsp3) is 0.125. The molecule has 1 N–H and O–H groups in total. The third kappa shape index (κ3) is 1.95. The van der Waals surface area contributed by atoms with E-state index in [1.54, 1.807) is 6.07 Å². The van der Waals surface area contributed by atoms with Gasteiger partial charge in [-0.05, 0) is 12.1 Å². The number of carbonyl (C=O) groups is 1. The largest absolute Gasteiger partial charge is 0.476 e. The molecule has 1 aromatic rings. The highest BCUT2D eigenvalue weighted by Gasteiger charge is 2.46. The van der Waals surface area contributed by atoms with Crippen molar-refractivity contribution in [2.75, 3.05) is 0 Å². The molecule has 0 aromatic heterocycles. The van der Waals surface area contributed by atoms with Gasteiger partial charge in [-0.2, -0.15) is 8.78 Å². The van der Waals surface area contributed by atoms with Gasteiger partial charge < -0.3 is 5.11 Å². The van der Waals surface area contributed by atoms with Gasteiger partial charge in [-0.1, -0.05) is 18.2 Å². The summed E-state index contributed by atoms with van der Waals surface area (Å²) in [6.45, 7) is 0. The highest BCUT2D eigenvalue weighted by molar-refractivity contribution is 7.87. The topological polar surface area (TPSA) is 54.4 Å². The third-order valence-corrected chi connectivity index (χ3v) is 2.78. The lowest BCUT2D eigenvalue weighted by molar-refractivity contribution is -0.153. The van der Waals surface area contributed by atoms with E-state index >= 15 is 0 Å². The van der Waals surface area contributed by atoms with E-state index in [4.69, 9.17) is 5.11 Å². The molecule has 6 heteroatoms. The van der Waals surface area contributed by atoms with E-state index in [1.807, 2.05) is 0 Å². The minimum atomic E-state index is -4.25. The maximum absolute atomic E-state index is 12.7. The van der Waals surface area contributed by atoms with Crippen LogP contribution in [0.15, 0.2) is 35.2 Å². The predicted octanol–water partition coefficient (Wildman–Crippen LogP) is 1.47. The van der Waals surface area contributed by atoms with Gasteiger partial charge in [0.2, 0.25) is 0 Å². The lowest BCUT2D eigenvalue weighted by Gasteiger charge is -2.09. The Labute approximate surface area is 80.8 Å². The monoisotopic (exact) mass is 220 g/mol. The van der Waals surface area contributed by atoms with Crippen LogP contribution in [0.3, 0.4) is 0 Å². The van der Waals surface area contributed by atoms with E-state index in [2.05, 4.69) is 0 Å². The Kier molecular flexibility index (Phi) is 2.95. The van der Waals surface area contributed by atoms with Crippen molar-refractivity contribution in [3.8, 4) is 0 Å². The van der Waals surface area contributed by atoms with Crippen molar-refractivity contribution in [2.24, 2.45) is 0 Å². The Hall–Kier alpha value is -1.30. The van der Waals surface area contributed by atoms with Crippen molar-refractivity contribution >= 4 is 16.8 Å². The van der Waals surface area contributed by atoms with Crippen LogP contribution < -0.4 is 0 Å². The normalized spacial score (nSPS) is 13.6. The van der Waals surface area contributed by atoms with Crippen LogP contribution in [0.25, 0.3) is 0 Å². The first kappa shape index (κ1) is 10.8. The van der Waals surface area contributed by atoms with E-state index in [0.717, 1.165) is 0 Å². The van der Waals surface area contributed by atoms with Gasteiger partial charge in [-0.15, -0.1) is 0 Å². The van der Waals surface area contributed by atoms with Gasteiger partial charge in [0.25, 0.3) is 0 Å². The van der Waals surface area contributed by atoms with Crippen molar-refractivity contribution in [3.05, 3.63) is 30.3 Å². The molecule has 0 saturated heterocycles. The second-order valence-electron chi connectivity index (χ2n) is 2.40. The maximum Gasteiger partial charge on any atom is 0.419 e.